The molecule has 0 saturated carbocycles. The summed E-state index contributed by atoms with van der Waals surface area (Å²) in [5, 5.41) is 9.17. The van der Waals surface area contributed by atoms with Crippen LogP contribution >= 0.6 is 0 Å². The summed E-state index contributed by atoms with van der Waals surface area (Å²) < 4.78 is 26.4. The predicted molar refractivity (Wildman–Crippen MR) is 78.3 cm³/mol. The smallest absolute Gasteiger partial charge is 0.322 e. The molecule has 0 bridgehead atoms. The third-order valence-electron chi connectivity index (χ3n) is 4.33. The number of carboxylic acids is 1. The normalized spacial score (nSPS) is 22.5. The zero-order chi connectivity index (χ0) is 15.9. The van der Waals surface area contributed by atoms with E-state index in [9.17, 15) is 18.0 Å². The van der Waals surface area contributed by atoms with Crippen LogP contribution in [0.2, 0.25) is 0 Å². The van der Waals surface area contributed by atoms with Gasteiger partial charge in [0.25, 0.3) is 0 Å². The van der Waals surface area contributed by atoms with Gasteiger partial charge in [-0.15, -0.1) is 0 Å². The molecule has 6 nitrogen and oxygen atoms in total. The van der Waals surface area contributed by atoms with Crippen LogP contribution in [0.25, 0.3) is 0 Å². The fourth-order valence-corrected chi connectivity index (χ4v) is 4.86. The van der Waals surface area contributed by atoms with Crippen molar-refractivity contribution >= 4 is 21.8 Å². The number of hydrogen-bond acceptors (Lipinski definition) is 4. The number of Topliss-reactive ketones (excluding diaryl/α,β-unsaturated/α-hetero) is 1. The van der Waals surface area contributed by atoms with E-state index in [1.807, 2.05) is 0 Å². The quantitative estimate of drug-likeness (QED) is 0.909. The van der Waals surface area contributed by atoms with E-state index in [1.54, 1.807) is 6.07 Å². The Kier molecular flexibility index (Phi) is 3.78. The van der Waals surface area contributed by atoms with Crippen LogP contribution in [0.1, 0.15) is 41.6 Å². The Morgan fingerprint density at radius 2 is 2.00 bits per heavy atom. The summed E-state index contributed by atoms with van der Waals surface area (Å²) in [6.45, 7) is 0.199. The first-order chi connectivity index (χ1) is 10.4. The lowest BCUT2D eigenvalue weighted by atomic mass is 9.91. The van der Waals surface area contributed by atoms with Crippen molar-refractivity contribution < 1.29 is 23.1 Å². The first kappa shape index (κ1) is 15.2. The fraction of sp³-hybridized carbons (Fsp3) is 0.467. The highest BCUT2D eigenvalue weighted by Crippen LogP contribution is 2.29. The van der Waals surface area contributed by atoms with Crippen molar-refractivity contribution in [3.05, 3.63) is 29.3 Å². The number of hydrogen-bond donors (Lipinski definition) is 1. The van der Waals surface area contributed by atoms with E-state index in [-0.39, 0.29) is 17.2 Å². The monoisotopic (exact) mass is 323 g/mol. The molecule has 1 aromatic rings. The van der Waals surface area contributed by atoms with Crippen molar-refractivity contribution in [1.82, 2.24) is 4.31 Å². The van der Waals surface area contributed by atoms with Crippen LogP contribution in [0.3, 0.4) is 0 Å². The Labute approximate surface area is 128 Å². The average Bonchev–Trinajstić information content (AvgIpc) is 2.98. The van der Waals surface area contributed by atoms with Crippen LogP contribution < -0.4 is 0 Å². The Hall–Kier alpha value is -1.73. The molecule has 1 aromatic carbocycles. The molecule has 0 aromatic heterocycles. The topological polar surface area (TPSA) is 91.8 Å². The van der Waals surface area contributed by atoms with Gasteiger partial charge in [-0.1, -0.05) is 6.07 Å². The van der Waals surface area contributed by atoms with Crippen LogP contribution in [0.15, 0.2) is 23.1 Å². The molecule has 0 amide bonds. The highest BCUT2D eigenvalue weighted by atomic mass is 32.2. The van der Waals surface area contributed by atoms with Crippen molar-refractivity contribution in [1.29, 1.82) is 0 Å². The lowest BCUT2D eigenvalue weighted by Crippen LogP contribution is -2.40. The molecule has 2 aliphatic rings. The first-order valence-electron chi connectivity index (χ1n) is 7.32. The molecule has 7 heteroatoms. The molecule has 1 heterocycles. The van der Waals surface area contributed by atoms with Gasteiger partial charge < -0.3 is 5.11 Å². The fourth-order valence-electron chi connectivity index (χ4n) is 3.18. The number of carbonyl (C=O) groups excluding carboxylic acids is 1. The van der Waals surface area contributed by atoms with Gasteiger partial charge in [0.05, 0.1) is 4.90 Å². The number of carboxylic acid groups (broad SMARTS) is 1. The van der Waals surface area contributed by atoms with Gasteiger partial charge in [0.15, 0.2) is 5.78 Å². The second-order valence-corrected chi connectivity index (χ2v) is 7.60. The molecule has 0 radical (unpaired) electrons. The van der Waals surface area contributed by atoms with Crippen molar-refractivity contribution in [3.8, 4) is 0 Å². The van der Waals surface area contributed by atoms with Crippen LogP contribution in [0.5, 0.6) is 0 Å². The molecule has 1 unspecified atom stereocenters. The molecule has 1 fully saturated rings. The molecule has 0 spiro atoms. The standard InChI is InChI=1S/C15H17NO5S/c17-14-5-1-3-10-6-7-11(9-12(10)14)22(20,21)16-8-2-4-13(16)15(18)19/h6-7,9,13H,1-5,8H2,(H,18,19). The number of benzene rings is 1. The number of aryl methyl sites for hydroxylation is 1. The van der Waals surface area contributed by atoms with Gasteiger partial charge in [0, 0.05) is 18.5 Å². The van der Waals surface area contributed by atoms with Crippen LogP contribution in [-0.2, 0) is 21.2 Å². The Balaban J connectivity index is 2.01. The number of sulfonamides is 1. The van der Waals surface area contributed by atoms with Gasteiger partial charge in [0.1, 0.15) is 6.04 Å². The molecular weight excluding hydrogens is 306 g/mol. The minimum Gasteiger partial charge on any atom is -0.480 e. The SMILES string of the molecule is O=C1CCCc2ccc(S(=O)(=O)N3CCCC3C(=O)O)cc21. The van der Waals surface area contributed by atoms with Crippen molar-refractivity contribution in [2.24, 2.45) is 0 Å². The second-order valence-electron chi connectivity index (χ2n) is 5.71. The van der Waals surface area contributed by atoms with Gasteiger partial charge in [-0.05, 0) is 43.4 Å². The summed E-state index contributed by atoms with van der Waals surface area (Å²) in [5.41, 5.74) is 1.32. The number of ketones is 1. The van der Waals surface area contributed by atoms with Crippen LogP contribution in [-0.4, -0.2) is 42.2 Å². The zero-order valence-corrected chi connectivity index (χ0v) is 12.8. The van der Waals surface area contributed by atoms with Gasteiger partial charge in [-0.3, -0.25) is 9.59 Å². The Morgan fingerprint density at radius 1 is 1.23 bits per heavy atom. The number of rotatable bonds is 3. The summed E-state index contributed by atoms with van der Waals surface area (Å²) >= 11 is 0. The maximum atomic E-state index is 12.7. The summed E-state index contributed by atoms with van der Waals surface area (Å²) in [6.07, 6.45) is 2.82. The van der Waals surface area contributed by atoms with Crippen molar-refractivity contribution in [2.45, 2.75) is 43.0 Å². The number of carbonyl (C=O) groups is 2. The second kappa shape index (κ2) is 5.48. The van der Waals surface area contributed by atoms with Gasteiger partial charge in [-0.2, -0.15) is 4.31 Å². The van der Waals surface area contributed by atoms with Gasteiger partial charge >= 0.3 is 5.97 Å². The molecule has 1 aliphatic heterocycles. The van der Waals surface area contributed by atoms with Crippen molar-refractivity contribution in [2.75, 3.05) is 6.54 Å². The van der Waals surface area contributed by atoms with E-state index in [0.29, 0.717) is 24.8 Å². The highest BCUT2D eigenvalue weighted by Gasteiger charge is 2.39. The number of fused-ring (bicyclic) bond motifs is 1. The van der Waals surface area contributed by atoms with E-state index < -0.39 is 22.0 Å². The lowest BCUT2D eigenvalue weighted by molar-refractivity contribution is -0.140. The van der Waals surface area contributed by atoms with E-state index in [4.69, 9.17) is 5.11 Å². The summed E-state index contributed by atoms with van der Waals surface area (Å²) in [7, 11) is -3.89. The predicted octanol–water partition coefficient (Wildman–Crippen LogP) is 1.44. The molecule has 1 aliphatic carbocycles. The molecule has 118 valence electrons. The first-order valence-corrected chi connectivity index (χ1v) is 8.76. The number of nitrogens with zero attached hydrogens (tertiary/aromatic N) is 1. The Bertz CT molecular complexity index is 740. The highest BCUT2D eigenvalue weighted by molar-refractivity contribution is 7.89. The third-order valence-corrected chi connectivity index (χ3v) is 6.23. The van der Waals surface area contributed by atoms with Gasteiger partial charge in [0.2, 0.25) is 10.0 Å². The van der Waals surface area contributed by atoms with Crippen molar-refractivity contribution in [3.63, 3.8) is 0 Å². The molecule has 1 N–H and O–H groups in total. The molecule has 1 atom stereocenters. The van der Waals surface area contributed by atoms with Crippen LogP contribution in [0.4, 0.5) is 0 Å². The van der Waals surface area contributed by atoms with Gasteiger partial charge in [-0.25, -0.2) is 8.42 Å². The average molecular weight is 323 g/mol. The van der Waals surface area contributed by atoms with E-state index in [0.717, 1.165) is 22.7 Å². The molecule has 3 rings (SSSR count). The van der Waals surface area contributed by atoms with E-state index in [2.05, 4.69) is 0 Å². The molecule has 1 saturated heterocycles. The Morgan fingerprint density at radius 3 is 2.73 bits per heavy atom. The molecule has 22 heavy (non-hydrogen) atoms. The summed E-state index contributed by atoms with van der Waals surface area (Å²) in [6, 6.07) is 3.54. The van der Waals surface area contributed by atoms with E-state index in [1.165, 1.54) is 12.1 Å². The maximum absolute atomic E-state index is 12.7. The third kappa shape index (κ3) is 2.44. The minimum absolute atomic E-state index is 0.00894. The summed E-state index contributed by atoms with van der Waals surface area (Å²) in [5.74, 6) is -1.18. The maximum Gasteiger partial charge on any atom is 0.322 e. The lowest BCUT2D eigenvalue weighted by Gasteiger charge is -2.22. The minimum atomic E-state index is -3.89. The number of aliphatic carboxylic acids is 1. The van der Waals surface area contributed by atoms with Crippen LogP contribution in [0, 0.1) is 0 Å². The van der Waals surface area contributed by atoms with E-state index >= 15 is 0 Å². The zero-order valence-electron chi connectivity index (χ0n) is 12.0. The molecular formula is C15H17NO5S. The summed E-state index contributed by atoms with van der Waals surface area (Å²) in [4.78, 5) is 23.2. The largest absolute Gasteiger partial charge is 0.480 e.